The molecule has 5 heterocycles. The predicted octanol–water partition coefficient (Wildman–Crippen LogP) is 4.78. The van der Waals surface area contributed by atoms with E-state index in [1.807, 2.05) is 17.6 Å². The van der Waals surface area contributed by atoms with Gasteiger partial charge in [0, 0.05) is 42.3 Å². The van der Waals surface area contributed by atoms with Crippen molar-refractivity contribution in [1.29, 1.82) is 0 Å². The van der Waals surface area contributed by atoms with Gasteiger partial charge in [-0.25, -0.2) is 18.4 Å². The lowest BCUT2D eigenvalue weighted by Crippen LogP contribution is -2.17. The first-order valence-corrected chi connectivity index (χ1v) is 13.9. The van der Waals surface area contributed by atoms with Gasteiger partial charge >= 0.3 is 6.18 Å². The van der Waals surface area contributed by atoms with Gasteiger partial charge in [0.05, 0.1) is 17.5 Å². The first-order chi connectivity index (χ1) is 19.6. The number of fused-ring (bicyclic) bond motifs is 3. The van der Waals surface area contributed by atoms with Gasteiger partial charge in [-0.2, -0.15) is 18.2 Å². The number of pyridine rings is 2. The van der Waals surface area contributed by atoms with Gasteiger partial charge in [-0.3, -0.25) is 9.71 Å². The van der Waals surface area contributed by atoms with E-state index < -0.39 is 27.5 Å². The summed E-state index contributed by atoms with van der Waals surface area (Å²) in [6.07, 6.45) is 0.837. The molecule has 0 fully saturated rings. The first kappa shape index (κ1) is 29.0. The minimum atomic E-state index is -4.61. The van der Waals surface area contributed by atoms with Crippen LogP contribution in [0.2, 0.25) is 0 Å². The normalized spacial score (nSPS) is 13.5. The maximum Gasteiger partial charge on any atom is 0.416 e. The highest BCUT2D eigenvalue weighted by Crippen LogP contribution is 2.39. The number of alkyl halides is 3. The lowest BCUT2D eigenvalue weighted by atomic mass is 9.98. The Morgan fingerprint density at radius 1 is 1.12 bits per heavy atom. The van der Waals surface area contributed by atoms with Gasteiger partial charge in [0.15, 0.2) is 0 Å². The van der Waals surface area contributed by atoms with Crippen LogP contribution in [-0.4, -0.2) is 39.6 Å². The van der Waals surface area contributed by atoms with Crippen LogP contribution in [0.3, 0.4) is 0 Å². The summed E-state index contributed by atoms with van der Waals surface area (Å²) in [4.78, 5) is 17.1. The molecule has 11 nitrogen and oxygen atoms in total. The van der Waals surface area contributed by atoms with Gasteiger partial charge in [0.1, 0.15) is 29.3 Å². The van der Waals surface area contributed by atoms with Crippen LogP contribution in [0.5, 0.6) is 0 Å². The van der Waals surface area contributed by atoms with Gasteiger partial charge in [0.25, 0.3) is 5.62 Å². The summed E-state index contributed by atoms with van der Waals surface area (Å²) >= 11 is 0. The number of hydrogen-bond donors (Lipinski definition) is 2. The largest absolute Gasteiger partial charge is 0.416 e. The molecule has 0 saturated carbocycles. The molecule has 42 heavy (non-hydrogen) atoms. The molecule has 218 valence electrons. The van der Waals surface area contributed by atoms with Crippen LogP contribution >= 0.6 is 12.4 Å². The average molecular weight is 619 g/mol. The Balaban J connectivity index is 0.00000353. The SMILES string of the molecule is Cc1ccc(NS(=O)(=O)Cc2cc(C(F)(F)F)ccn2)cc1-c1cc2cnc(=Nc3cnoc3)nc-2n2c1NCC2.Cl. The molecule has 0 radical (unpaired) electrons. The molecule has 0 unspecified atom stereocenters. The number of aryl methyl sites for hydroxylation is 1. The molecule has 0 saturated heterocycles. The highest BCUT2D eigenvalue weighted by atomic mass is 35.5. The summed E-state index contributed by atoms with van der Waals surface area (Å²) in [7, 11) is -4.08. The minimum Gasteiger partial charge on any atom is -0.369 e. The summed E-state index contributed by atoms with van der Waals surface area (Å²) in [6, 6.07) is 8.49. The summed E-state index contributed by atoms with van der Waals surface area (Å²) in [5.74, 6) is 0.744. The Hall–Kier alpha value is -4.50. The number of benzene rings is 1. The molecule has 0 bridgehead atoms. The standard InChI is InChI=1S/C26H21F3N8O3S.ClH/c1-15-2-3-18(36-41(38,39)14-19-9-17(4-5-30-19)26(27,28)29)10-21(15)22-8-16-11-32-25(34-20-12-33-40-13-20)35-23(16)37-7-6-31-24(22)37;/h2-5,8-13,31,36H,6-7,14H2,1H3;1H. The van der Waals surface area contributed by atoms with E-state index in [9.17, 15) is 21.6 Å². The second kappa shape index (κ2) is 11.1. The third kappa shape index (κ3) is 5.92. The molecular weight excluding hydrogens is 597 g/mol. The van der Waals surface area contributed by atoms with Crippen LogP contribution in [0.15, 0.2) is 70.8 Å². The number of anilines is 2. The van der Waals surface area contributed by atoms with Gasteiger partial charge < -0.3 is 14.4 Å². The Kier molecular flexibility index (Phi) is 7.64. The number of halogens is 4. The lowest BCUT2D eigenvalue weighted by molar-refractivity contribution is -0.137. The fraction of sp³-hybridized carbons (Fsp3) is 0.192. The van der Waals surface area contributed by atoms with Crippen molar-refractivity contribution < 1.29 is 26.1 Å². The lowest BCUT2D eigenvalue weighted by Gasteiger charge is -2.19. The molecule has 0 atom stereocenters. The minimum absolute atomic E-state index is 0. The molecular formula is C26H22ClF3N8O3S. The van der Waals surface area contributed by atoms with Crippen LogP contribution in [-0.2, 0) is 28.5 Å². The van der Waals surface area contributed by atoms with Crippen molar-refractivity contribution in [1.82, 2.24) is 24.7 Å². The first-order valence-electron chi connectivity index (χ1n) is 12.3. The quantitative estimate of drug-likeness (QED) is 0.277. The van der Waals surface area contributed by atoms with Crippen LogP contribution < -0.4 is 15.7 Å². The summed E-state index contributed by atoms with van der Waals surface area (Å²) in [5.41, 5.74) is 2.99. The molecule has 3 aliphatic heterocycles. The van der Waals surface area contributed by atoms with Crippen molar-refractivity contribution in [2.75, 3.05) is 16.6 Å². The Morgan fingerprint density at radius 3 is 2.71 bits per heavy atom. The predicted molar refractivity (Wildman–Crippen MR) is 150 cm³/mol. The number of nitrogens with one attached hydrogen (secondary N) is 2. The highest BCUT2D eigenvalue weighted by Gasteiger charge is 2.31. The van der Waals surface area contributed by atoms with Crippen molar-refractivity contribution >= 4 is 39.6 Å². The van der Waals surface area contributed by atoms with E-state index in [-0.39, 0.29) is 29.4 Å². The van der Waals surface area contributed by atoms with Gasteiger partial charge in [-0.1, -0.05) is 11.2 Å². The van der Waals surface area contributed by atoms with E-state index >= 15 is 0 Å². The van der Waals surface area contributed by atoms with Crippen molar-refractivity contribution in [3.63, 3.8) is 0 Å². The molecule has 2 aromatic heterocycles. The smallest absolute Gasteiger partial charge is 0.369 e. The van der Waals surface area contributed by atoms with E-state index in [1.54, 1.807) is 24.4 Å². The maximum absolute atomic E-state index is 13.1. The molecule has 6 rings (SSSR count). The summed E-state index contributed by atoms with van der Waals surface area (Å²) in [5, 5.41) is 7.01. The van der Waals surface area contributed by atoms with Crippen molar-refractivity contribution in [3.8, 4) is 22.5 Å². The van der Waals surface area contributed by atoms with E-state index in [4.69, 9.17) is 4.52 Å². The van der Waals surface area contributed by atoms with Gasteiger partial charge in [0.2, 0.25) is 10.0 Å². The molecule has 0 aliphatic carbocycles. The van der Waals surface area contributed by atoms with E-state index in [0.717, 1.165) is 46.4 Å². The molecule has 16 heteroatoms. The Bertz CT molecular complexity index is 1910. The van der Waals surface area contributed by atoms with Crippen molar-refractivity contribution in [2.45, 2.75) is 25.4 Å². The fourth-order valence-electron chi connectivity index (χ4n) is 4.61. The molecule has 3 aliphatic rings. The van der Waals surface area contributed by atoms with Crippen LogP contribution in [0, 0.1) is 6.92 Å². The van der Waals surface area contributed by atoms with Gasteiger partial charge in [-0.15, -0.1) is 12.4 Å². The zero-order chi connectivity index (χ0) is 28.8. The summed E-state index contributed by atoms with van der Waals surface area (Å²) in [6.45, 7) is 3.19. The van der Waals surface area contributed by atoms with Crippen LogP contribution in [0.4, 0.5) is 30.4 Å². The molecule has 2 N–H and O–H groups in total. The van der Waals surface area contributed by atoms with E-state index in [1.165, 1.54) is 12.5 Å². The Morgan fingerprint density at radius 2 is 1.95 bits per heavy atom. The van der Waals surface area contributed by atoms with E-state index in [0.29, 0.717) is 24.6 Å². The van der Waals surface area contributed by atoms with Crippen molar-refractivity contribution in [3.05, 3.63) is 83.7 Å². The molecule has 1 aromatic carbocycles. The fourth-order valence-corrected chi connectivity index (χ4v) is 5.71. The monoisotopic (exact) mass is 618 g/mol. The maximum atomic E-state index is 13.1. The average Bonchev–Trinajstić information content (AvgIpc) is 3.61. The number of rotatable bonds is 6. The zero-order valence-corrected chi connectivity index (χ0v) is 23.4. The highest BCUT2D eigenvalue weighted by molar-refractivity contribution is 7.91. The van der Waals surface area contributed by atoms with E-state index in [2.05, 4.69) is 35.1 Å². The number of sulfonamides is 1. The van der Waals surface area contributed by atoms with Crippen molar-refractivity contribution in [2.24, 2.45) is 4.99 Å². The molecule has 3 aromatic rings. The number of aromatic nitrogens is 5. The third-order valence-corrected chi connectivity index (χ3v) is 7.65. The number of nitrogens with zero attached hydrogens (tertiary/aromatic N) is 6. The van der Waals surface area contributed by atoms with Gasteiger partial charge in [-0.05, 0) is 48.4 Å². The topological polar surface area (TPSA) is 140 Å². The summed E-state index contributed by atoms with van der Waals surface area (Å²) < 4.78 is 74.2. The molecule has 0 spiro atoms. The van der Waals surface area contributed by atoms with Crippen LogP contribution in [0.1, 0.15) is 16.8 Å². The number of hydrogen-bond acceptors (Lipinski definition) is 9. The van der Waals surface area contributed by atoms with Crippen LogP contribution in [0.25, 0.3) is 22.5 Å². The Labute approximate surface area is 243 Å². The third-order valence-electron chi connectivity index (χ3n) is 6.42. The molecule has 0 amide bonds. The zero-order valence-electron chi connectivity index (χ0n) is 21.8. The second-order valence-corrected chi connectivity index (χ2v) is 11.1. The second-order valence-electron chi connectivity index (χ2n) is 9.35.